The minimum atomic E-state index is -2.93. The molecule has 4 nitrogen and oxygen atoms in total. The van der Waals surface area contributed by atoms with Crippen LogP contribution < -0.4 is 4.90 Å². The molecule has 2 rings (SSSR count). The van der Waals surface area contributed by atoms with Crippen LogP contribution in [-0.2, 0) is 27.4 Å². The first kappa shape index (κ1) is 25.1. The second kappa shape index (κ2) is 11.5. The third-order valence-electron chi connectivity index (χ3n) is 6.01. The van der Waals surface area contributed by atoms with Crippen molar-refractivity contribution in [2.75, 3.05) is 23.7 Å². The fourth-order valence-electron chi connectivity index (χ4n) is 4.24. The third-order valence-corrected chi connectivity index (χ3v) is 8.30. The Balaban J connectivity index is 1.86. The van der Waals surface area contributed by atoms with Crippen molar-refractivity contribution < 1.29 is 17.5 Å². The van der Waals surface area contributed by atoms with Crippen LogP contribution in [0.4, 0.5) is 10.1 Å². The van der Waals surface area contributed by atoms with Crippen LogP contribution in [0.2, 0.25) is 0 Å². The Hall–Kier alpha value is -1.14. The summed E-state index contributed by atoms with van der Waals surface area (Å²) in [6, 6.07) is 4.03. The number of morpholine rings is 1. The predicted molar refractivity (Wildman–Crippen MR) is 124 cm³/mol. The molecule has 1 saturated heterocycles. The van der Waals surface area contributed by atoms with Crippen molar-refractivity contribution in [3.63, 3.8) is 0 Å². The average molecular weight is 442 g/mol. The molecule has 1 aromatic rings. The zero-order valence-corrected chi connectivity index (χ0v) is 20.2. The summed E-state index contributed by atoms with van der Waals surface area (Å²) in [7, 11) is -2.93. The van der Waals surface area contributed by atoms with E-state index in [0.29, 0.717) is 6.42 Å². The standard InChI is InChI=1S/C24H40FNO3S/c1-6-22-23(26-16-19(4)29-20(5)17-26)14-13-21(24(22)25)12-10-8-7-9-11-15-30(27,28)18(2)3/h13-14,18-20H,6-12,15-17H2,1-5H3/t19-,20+. The number of nitrogens with zero attached hydrogens (tertiary/aromatic N) is 1. The van der Waals surface area contributed by atoms with Crippen molar-refractivity contribution >= 4 is 15.5 Å². The molecule has 1 fully saturated rings. The van der Waals surface area contributed by atoms with Crippen molar-refractivity contribution in [3.05, 3.63) is 29.1 Å². The summed E-state index contributed by atoms with van der Waals surface area (Å²) in [6.07, 6.45) is 6.29. The van der Waals surface area contributed by atoms with Gasteiger partial charge in [-0.3, -0.25) is 0 Å². The molecule has 172 valence electrons. The number of unbranched alkanes of at least 4 members (excludes halogenated alkanes) is 4. The van der Waals surface area contributed by atoms with Gasteiger partial charge >= 0.3 is 0 Å². The van der Waals surface area contributed by atoms with E-state index in [1.54, 1.807) is 13.8 Å². The minimum Gasteiger partial charge on any atom is -0.372 e. The van der Waals surface area contributed by atoms with Crippen LogP contribution in [0.3, 0.4) is 0 Å². The van der Waals surface area contributed by atoms with Gasteiger partial charge in [-0.05, 0) is 65.0 Å². The van der Waals surface area contributed by atoms with Gasteiger partial charge in [-0.1, -0.05) is 32.3 Å². The summed E-state index contributed by atoms with van der Waals surface area (Å²) in [6.45, 7) is 11.2. The third kappa shape index (κ3) is 6.94. The Morgan fingerprint density at radius 3 is 2.27 bits per heavy atom. The maximum atomic E-state index is 15.2. The number of ether oxygens (including phenoxy) is 1. The molecule has 0 aromatic heterocycles. The first-order chi connectivity index (χ1) is 14.2. The molecular formula is C24H40FNO3S. The topological polar surface area (TPSA) is 46.6 Å². The molecule has 1 aliphatic rings. The van der Waals surface area contributed by atoms with Crippen LogP contribution in [0, 0.1) is 5.82 Å². The van der Waals surface area contributed by atoms with Gasteiger partial charge in [0, 0.05) is 24.3 Å². The molecule has 0 amide bonds. The van der Waals surface area contributed by atoms with Gasteiger partial charge in [-0.15, -0.1) is 0 Å². The number of hydrogen-bond acceptors (Lipinski definition) is 4. The molecule has 0 bridgehead atoms. The van der Waals surface area contributed by atoms with Gasteiger partial charge in [0.15, 0.2) is 9.84 Å². The number of hydrogen-bond donors (Lipinski definition) is 0. The van der Waals surface area contributed by atoms with E-state index in [4.69, 9.17) is 4.74 Å². The van der Waals surface area contributed by atoms with Crippen LogP contribution in [0.25, 0.3) is 0 Å². The zero-order chi connectivity index (χ0) is 22.3. The summed E-state index contributed by atoms with van der Waals surface area (Å²) >= 11 is 0. The van der Waals surface area contributed by atoms with Crippen LogP contribution >= 0.6 is 0 Å². The van der Waals surface area contributed by atoms with E-state index in [1.165, 1.54) is 0 Å². The smallest absolute Gasteiger partial charge is 0.152 e. The molecule has 1 aromatic carbocycles. The van der Waals surface area contributed by atoms with Crippen molar-refractivity contribution in [2.45, 2.75) is 97.0 Å². The molecule has 0 N–H and O–H groups in total. The maximum Gasteiger partial charge on any atom is 0.152 e. The minimum absolute atomic E-state index is 0.0511. The lowest BCUT2D eigenvalue weighted by Crippen LogP contribution is -2.46. The molecule has 0 saturated carbocycles. The highest BCUT2D eigenvalue weighted by molar-refractivity contribution is 7.91. The number of aryl methyl sites for hydroxylation is 1. The lowest BCUT2D eigenvalue weighted by molar-refractivity contribution is -0.00528. The largest absolute Gasteiger partial charge is 0.372 e. The molecule has 0 spiro atoms. The summed E-state index contributed by atoms with van der Waals surface area (Å²) in [4.78, 5) is 2.26. The van der Waals surface area contributed by atoms with Crippen LogP contribution in [0.1, 0.15) is 77.8 Å². The molecule has 2 atom stereocenters. The number of anilines is 1. The Kier molecular flexibility index (Phi) is 9.61. The summed E-state index contributed by atoms with van der Waals surface area (Å²) in [5.41, 5.74) is 2.62. The molecular weight excluding hydrogens is 401 g/mol. The first-order valence-electron chi connectivity index (χ1n) is 11.6. The van der Waals surface area contributed by atoms with Gasteiger partial charge in [0.2, 0.25) is 0 Å². The Morgan fingerprint density at radius 2 is 1.67 bits per heavy atom. The van der Waals surface area contributed by atoms with Crippen molar-refractivity contribution in [3.8, 4) is 0 Å². The van der Waals surface area contributed by atoms with Gasteiger partial charge in [0.25, 0.3) is 0 Å². The lowest BCUT2D eigenvalue weighted by Gasteiger charge is -2.38. The normalized spacial score (nSPS) is 20.2. The van der Waals surface area contributed by atoms with Gasteiger partial charge in [0.05, 0.1) is 23.2 Å². The number of rotatable bonds is 11. The zero-order valence-electron chi connectivity index (χ0n) is 19.4. The predicted octanol–water partition coefficient (Wildman–Crippen LogP) is 5.32. The van der Waals surface area contributed by atoms with E-state index >= 15 is 4.39 Å². The van der Waals surface area contributed by atoms with Crippen LogP contribution in [-0.4, -0.2) is 44.7 Å². The fourth-order valence-corrected chi connectivity index (χ4v) is 5.32. The van der Waals surface area contributed by atoms with Crippen molar-refractivity contribution in [1.82, 2.24) is 0 Å². The molecule has 1 aliphatic heterocycles. The number of benzene rings is 1. The van der Waals surface area contributed by atoms with Gasteiger partial charge < -0.3 is 9.64 Å². The van der Waals surface area contributed by atoms with Gasteiger partial charge in [0.1, 0.15) is 5.82 Å². The molecule has 30 heavy (non-hydrogen) atoms. The van der Waals surface area contributed by atoms with Crippen molar-refractivity contribution in [2.24, 2.45) is 0 Å². The summed E-state index contributed by atoms with van der Waals surface area (Å²) < 4.78 is 44.7. The van der Waals surface area contributed by atoms with E-state index < -0.39 is 9.84 Å². The van der Waals surface area contributed by atoms with Crippen LogP contribution in [0.5, 0.6) is 0 Å². The quantitative estimate of drug-likeness (QED) is 0.436. The monoisotopic (exact) mass is 441 g/mol. The maximum absolute atomic E-state index is 15.2. The highest BCUT2D eigenvalue weighted by Gasteiger charge is 2.25. The number of halogens is 1. The second-order valence-electron chi connectivity index (χ2n) is 8.99. The molecule has 0 radical (unpaired) electrons. The first-order valence-corrected chi connectivity index (χ1v) is 13.3. The van der Waals surface area contributed by atoms with E-state index in [0.717, 1.165) is 68.4 Å². The Bertz CT molecular complexity index is 769. The van der Waals surface area contributed by atoms with E-state index in [9.17, 15) is 8.42 Å². The summed E-state index contributed by atoms with van der Waals surface area (Å²) in [5, 5.41) is -0.292. The summed E-state index contributed by atoms with van der Waals surface area (Å²) in [5.74, 6) is 0.226. The average Bonchev–Trinajstić information content (AvgIpc) is 2.67. The van der Waals surface area contributed by atoms with Gasteiger partial charge in [-0.25, -0.2) is 12.8 Å². The van der Waals surface area contributed by atoms with Crippen molar-refractivity contribution in [1.29, 1.82) is 0 Å². The molecule has 0 unspecified atom stereocenters. The molecule has 0 aliphatic carbocycles. The van der Waals surface area contributed by atoms with E-state index in [2.05, 4.69) is 24.8 Å². The van der Waals surface area contributed by atoms with Gasteiger partial charge in [-0.2, -0.15) is 0 Å². The highest BCUT2D eigenvalue weighted by Crippen LogP contribution is 2.29. The molecule has 1 heterocycles. The Labute approximate surface area is 183 Å². The fraction of sp³-hybridized carbons (Fsp3) is 0.750. The Morgan fingerprint density at radius 1 is 1.07 bits per heavy atom. The number of sulfone groups is 1. The lowest BCUT2D eigenvalue weighted by atomic mass is 9.99. The van der Waals surface area contributed by atoms with E-state index in [1.807, 2.05) is 13.0 Å². The second-order valence-corrected chi connectivity index (χ2v) is 11.7. The van der Waals surface area contributed by atoms with E-state index in [-0.39, 0.29) is 29.0 Å². The molecule has 6 heteroatoms. The SMILES string of the molecule is CCc1c(N2C[C@@H](C)O[C@@H](C)C2)ccc(CCCCCCCS(=O)(=O)C(C)C)c1F. The highest BCUT2D eigenvalue weighted by atomic mass is 32.2. The van der Waals surface area contributed by atoms with Crippen LogP contribution in [0.15, 0.2) is 12.1 Å².